The van der Waals surface area contributed by atoms with Crippen LogP contribution in [0.15, 0.2) is 0 Å². The molecule has 0 heterocycles. The van der Waals surface area contributed by atoms with Crippen LogP contribution in [0, 0.1) is 23.7 Å². The Morgan fingerprint density at radius 1 is 1.18 bits per heavy atom. The monoisotopic (exact) mass is 237 g/mol. The van der Waals surface area contributed by atoms with Gasteiger partial charge in [-0.3, -0.25) is 0 Å². The fraction of sp³-hybridized carbons (Fsp3) is 1.00. The van der Waals surface area contributed by atoms with Gasteiger partial charge < -0.3 is 5.32 Å². The minimum Gasteiger partial charge on any atom is -0.314 e. The van der Waals surface area contributed by atoms with Gasteiger partial charge in [0.25, 0.3) is 0 Å². The second-order valence-corrected chi connectivity index (χ2v) is 6.82. The maximum atomic E-state index is 3.74. The molecule has 0 radical (unpaired) electrons. The normalized spacial score (nSPS) is 33.5. The highest BCUT2D eigenvalue weighted by molar-refractivity contribution is 4.90. The predicted molar refractivity (Wildman–Crippen MR) is 75.1 cm³/mol. The lowest BCUT2D eigenvalue weighted by atomic mass is 9.83. The van der Waals surface area contributed by atoms with Crippen LogP contribution in [0.4, 0.5) is 0 Å². The molecule has 0 aliphatic heterocycles. The highest BCUT2D eigenvalue weighted by Gasteiger charge is 2.39. The van der Waals surface area contributed by atoms with Crippen molar-refractivity contribution in [2.24, 2.45) is 23.7 Å². The molecule has 0 aromatic rings. The van der Waals surface area contributed by atoms with Crippen molar-refractivity contribution in [2.75, 3.05) is 6.54 Å². The van der Waals surface area contributed by atoms with E-state index >= 15 is 0 Å². The van der Waals surface area contributed by atoms with Gasteiger partial charge in [0.2, 0.25) is 0 Å². The van der Waals surface area contributed by atoms with E-state index in [0.717, 1.165) is 29.7 Å². The zero-order valence-electron chi connectivity index (χ0n) is 12.0. The topological polar surface area (TPSA) is 12.0 Å². The highest BCUT2D eigenvalue weighted by Crippen LogP contribution is 2.50. The van der Waals surface area contributed by atoms with Gasteiger partial charge >= 0.3 is 0 Å². The van der Waals surface area contributed by atoms with Gasteiger partial charge in [-0.25, -0.2) is 0 Å². The Kier molecular flexibility index (Phi) is 4.90. The van der Waals surface area contributed by atoms with Crippen LogP contribution in [-0.4, -0.2) is 12.6 Å². The van der Waals surface area contributed by atoms with Crippen LogP contribution in [0.2, 0.25) is 0 Å². The third kappa shape index (κ3) is 3.47. The molecule has 0 aromatic heterocycles. The zero-order chi connectivity index (χ0) is 12.3. The fourth-order valence-electron chi connectivity index (χ4n) is 4.12. The van der Waals surface area contributed by atoms with Gasteiger partial charge in [0.05, 0.1) is 0 Å². The Hall–Kier alpha value is -0.0400. The lowest BCUT2D eigenvalue weighted by Gasteiger charge is -2.27. The van der Waals surface area contributed by atoms with E-state index in [4.69, 9.17) is 0 Å². The average Bonchev–Trinajstić information content (AvgIpc) is 2.90. The molecule has 100 valence electrons. The standard InChI is InChI=1S/C16H31N/c1-4-9-17-16(12(2)3)8-7-15-11-13-5-6-14(15)10-13/h12-17H,4-11H2,1-3H3. The maximum Gasteiger partial charge on any atom is 0.00901 e. The Morgan fingerprint density at radius 3 is 2.53 bits per heavy atom. The van der Waals surface area contributed by atoms with Gasteiger partial charge in [0.1, 0.15) is 0 Å². The summed E-state index contributed by atoms with van der Waals surface area (Å²) in [5, 5.41) is 3.74. The first-order valence-corrected chi connectivity index (χ1v) is 7.94. The first kappa shape index (κ1) is 13.4. The minimum atomic E-state index is 0.758. The summed E-state index contributed by atoms with van der Waals surface area (Å²) in [6.45, 7) is 8.20. The first-order valence-electron chi connectivity index (χ1n) is 7.94. The summed E-state index contributed by atoms with van der Waals surface area (Å²) in [5.74, 6) is 4.10. The van der Waals surface area contributed by atoms with Crippen molar-refractivity contribution in [3.63, 3.8) is 0 Å². The second kappa shape index (κ2) is 6.22. The third-order valence-corrected chi connectivity index (χ3v) is 5.19. The Balaban J connectivity index is 1.71. The molecule has 2 aliphatic carbocycles. The van der Waals surface area contributed by atoms with Crippen LogP contribution < -0.4 is 5.32 Å². The minimum absolute atomic E-state index is 0.758. The molecule has 17 heavy (non-hydrogen) atoms. The van der Waals surface area contributed by atoms with Crippen molar-refractivity contribution in [1.29, 1.82) is 0 Å². The summed E-state index contributed by atoms with van der Waals surface area (Å²) < 4.78 is 0. The van der Waals surface area contributed by atoms with Crippen LogP contribution in [0.3, 0.4) is 0 Å². The Morgan fingerprint density at radius 2 is 2.00 bits per heavy atom. The summed E-state index contributed by atoms with van der Waals surface area (Å²) in [6.07, 6.45) is 10.4. The summed E-state index contributed by atoms with van der Waals surface area (Å²) in [5.41, 5.74) is 0. The molecular weight excluding hydrogens is 206 g/mol. The van der Waals surface area contributed by atoms with E-state index in [1.165, 1.54) is 25.8 Å². The first-order chi connectivity index (χ1) is 8.20. The Labute approximate surface area is 108 Å². The van der Waals surface area contributed by atoms with E-state index in [-0.39, 0.29) is 0 Å². The lowest BCUT2D eigenvalue weighted by molar-refractivity contribution is 0.274. The highest BCUT2D eigenvalue weighted by atomic mass is 14.9. The zero-order valence-corrected chi connectivity index (χ0v) is 12.0. The van der Waals surface area contributed by atoms with Gasteiger partial charge in [0.15, 0.2) is 0 Å². The molecule has 4 unspecified atom stereocenters. The van der Waals surface area contributed by atoms with Crippen molar-refractivity contribution in [3.05, 3.63) is 0 Å². The average molecular weight is 237 g/mol. The quantitative estimate of drug-likeness (QED) is 0.699. The van der Waals surface area contributed by atoms with E-state index in [0.29, 0.717) is 0 Å². The molecule has 2 bridgehead atoms. The number of rotatable bonds is 7. The smallest absolute Gasteiger partial charge is 0.00901 e. The van der Waals surface area contributed by atoms with Gasteiger partial charge in [-0.2, -0.15) is 0 Å². The SMILES string of the molecule is CCCNC(CCC1CC2CCC1C2)C(C)C. The molecule has 0 saturated heterocycles. The number of fused-ring (bicyclic) bond motifs is 2. The van der Waals surface area contributed by atoms with Crippen LogP contribution in [-0.2, 0) is 0 Å². The van der Waals surface area contributed by atoms with E-state index in [1.54, 1.807) is 25.7 Å². The van der Waals surface area contributed by atoms with Gasteiger partial charge in [-0.05, 0) is 68.7 Å². The maximum absolute atomic E-state index is 3.74. The molecule has 0 amide bonds. The van der Waals surface area contributed by atoms with Crippen LogP contribution >= 0.6 is 0 Å². The molecule has 2 fully saturated rings. The molecule has 2 aliphatic rings. The van der Waals surface area contributed by atoms with Crippen LogP contribution in [0.1, 0.15) is 65.7 Å². The molecule has 0 spiro atoms. The predicted octanol–water partition coefficient (Wildman–Crippen LogP) is 4.23. The molecule has 2 rings (SSSR count). The lowest BCUT2D eigenvalue weighted by Crippen LogP contribution is -2.35. The fourth-order valence-corrected chi connectivity index (χ4v) is 4.12. The summed E-state index contributed by atoms with van der Waals surface area (Å²) in [4.78, 5) is 0. The van der Waals surface area contributed by atoms with Crippen LogP contribution in [0.25, 0.3) is 0 Å². The third-order valence-electron chi connectivity index (χ3n) is 5.19. The van der Waals surface area contributed by atoms with E-state index in [2.05, 4.69) is 26.1 Å². The van der Waals surface area contributed by atoms with E-state index in [9.17, 15) is 0 Å². The summed E-state index contributed by atoms with van der Waals surface area (Å²) in [7, 11) is 0. The second-order valence-electron chi connectivity index (χ2n) is 6.82. The van der Waals surface area contributed by atoms with Crippen molar-refractivity contribution in [2.45, 2.75) is 71.8 Å². The molecular formula is C16H31N. The number of nitrogens with one attached hydrogen (secondary N) is 1. The van der Waals surface area contributed by atoms with Gasteiger partial charge in [-0.1, -0.05) is 27.2 Å². The van der Waals surface area contributed by atoms with Crippen molar-refractivity contribution in [3.8, 4) is 0 Å². The van der Waals surface area contributed by atoms with Gasteiger partial charge in [-0.15, -0.1) is 0 Å². The van der Waals surface area contributed by atoms with Crippen molar-refractivity contribution in [1.82, 2.24) is 5.32 Å². The molecule has 2 saturated carbocycles. The molecule has 4 atom stereocenters. The molecule has 1 N–H and O–H groups in total. The van der Waals surface area contributed by atoms with E-state index < -0.39 is 0 Å². The molecule has 1 nitrogen and oxygen atoms in total. The van der Waals surface area contributed by atoms with Crippen molar-refractivity contribution >= 4 is 0 Å². The van der Waals surface area contributed by atoms with E-state index in [1.807, 2.05) is 0 Å². The number of hydrogen-bond donors (Lipinski definition) is 1. The van der Waals surface area contributed by atoms with Gasteiger partial charge in [0, 0.05) is 6.04 Å². The van der Waals surface area contributed by atoms with Crippen LogP contribution in [0.5, 0.6) is 0 Å². The van der Waals surface area contributed by atoms with Crippen molar-refractivity contribution < 1.29 is 0 Å². The number of hydrogen-bond acceptors (Lipinski definition) is 1. The Bertz CT molecular complexity index is 224. The molecule has 1 heteroatoms. The summed E-state index contributed by atoms with van der Waals surface area (Å²) in [6, 6.07) is 0.758. The largest absolute Gasteiger partial charge is 0.314 e. The molecule has 0 aromatic carbocycles. The summed E-state index contributed by atoms with van der Waals surface area (Å²) >= 11 is 0.